The van der Waals surface area contributed by atoms with Gasteiger partial charge in [-0.25, -0.2) is 4.39 Å². The number of rotatable bonds is 3. The second-order valence-electron chi connectivity index (χ2n) is 3.75. The molecule has 1 aromatic carbocycles. The molecular weight excluding hydrogens is 303 g/mol. The third-order valence-electron chi connectivity index (χ3n) is 2.31. The van der Waals surface area contributed by atoms with Gasteiger partial charge in [0.2, 0.25) is 5.76 Å². The van der Waals surface area contributed by atoms with Crippen molar-refractivity contribution in [1.82, 2.24) is 10.5 Å². The van der Waals surface area contributed by atoms with Crippen LogP contribution < -0.4 is 5.32 Å². The average molecular weight is 313 g/mol. The molecule has 2 aromatic rings. The second kappa shape index (κ2) is 5.30. The van der Waals surface area contributed by atoms with E-state index in [1.165, 1.54) is 12.1 Å². The standard InChI is InChI=1S/C12H10BrFN2O2/c1-7-4-11(18-16-7)12(17)15-6-8-2-3-9(13)5-10(8)14/h2-5H,6H2,1H3,(H,15,17). The summed E-state index contributed by atoms with van der Waals surface area (Å²) in [5.74, 6) is -0.679. The number of amides is 1. The van der Waals surface area contributed by atoms with Crippen LogP contribution in [0.1, 0.15) is 21.8 Å². The van der Waals surface area contributed by atoms with E-state index in [0.717, 1.165) is 0 Å². The summed E-state index contributed by atoms with van der Waals surface area (Å²) in [6.07, 6.45) is 0. The van der Waals surface area contributed by atoms with E-state index >= 15 is 0 Å². The molecule has 1 N–H and O–H groups in total. The topological polar surface area (TPSA) is 55.1 Å². The maximum absolute atomic E-state index is 13.5. The van der Waals surface area contributed by atoms with Crippen molar-refractivity contribution < 1.29 is 13.7 Å². The molecule has 94 valence electrons. The molecule has 0 aliphatic rings. The fraction of sp³-hybridized carbons (Fsp3) is 0.167. The van der Waals surface area contributed by atoms with Crippen molar-refractivity contribution in [2.45, 2.75) is 13.5 Å². The van der Waals surface area contributed by atoms with Gasteiger partial charge in [-0.15, -0.1) is 0 Å². The van der Waals surface area contributed by atoms with Gasteiger partial charge in [-0.2, -0.15) is 0 Å². The minimum absolute atomic E-state index is 0.0949. The molecule has 0 fully saturated rings. The lowest BCUT2D eigenvalue weighted by molar-refractivity contribution is 0.0913. The highest BCUT2D eigenvalue weighted by atomic mass is 79.9. The molecule has 1 amide bonds. The summed E-state index contributed by atoms with van der Waals surface area (Å²) in [5, 5.41) is 6.17. The number of benzene rings is 1. The maximum atomic E-state index is 13.5. The quantitative estimate of drug-likeness (QED) is 0.948. The Morgan fingerprint density at radius 2 is 2.28 bits per heavy atom. The van der Waals surface area contributed by atoms with Crippen molar-refractivity contribution in [3.63, 3.8) is 0 Å². The molecule has 1 aromatic heterocycles. The Bertz CT molecular complexity index is 583. The van der Waals surface area contributed by atoms with Crippen LogP contribution in [0, 0.1) is 12.7 Å². The van der Waals surface area contributed by atoms with Crippen LogP contribution in [0.25, 0.3) is 0 Å². The summed E-state index contributed by atoms with van der Waals surface area (Å²) in [4.78, 5) is 11.6. The SMILES string of the molecule is Cc1cc(C(=O)NCc2ccc(Br)cc2F)on1. The van der Waals surface area contributed by atoms with Crippen LogP contribution >= 0.6 is 15.9 Å². The molecule has 0 atom stereocenters. The van der Waals surface area contributed by atoms with Gasteiger partial charge in [0.1, 0.15) is 5.82 Å². The van der Waals surface area contributed by atoms with Gasteiger partial charge in [0.05, 0.1) is 5.69 Å². The molecule has 0 spiro atoms. The Kier molecular flexibility index (Phi) is 3.76. The van der Waals surface area contributed by atoms with Crippen molar-refractivity contribution >= 4 is 21.8 Å². The van der Waals surface area contributed by atoms with Crippen LogP contribution in [-0.4, -0.2) is 11.1 Å². The lowest BCUT2D eigenvalue weighted by Gasteiger charge is -2.04. The molecule has 1 heterocycles. The minimum Gasteiger partial charge on any atom is -0.351 e. The predicted molar refractivity (Wildman–Crippen MR) is 66.5 cm³/mol. The van der Waals surface area contributed by atoms with E-state index in [9.17, 15) is 9.18 Å². The zero-order valence-electron chi connectivity index (χ0n) is 9.54. The van der Waals surface area contributed by atoms with E-state index < -0.39 is 5.91 Å². The first-order valence-corrected chi connectivity index (χ1v) is 6.01. The summed E-state index contributed by atoms with van der Waals surface area (Å²) in [7, 11) is 0. The van der Waals surface area contributed by atoms with Gasteiger partial charge in [0.25, 0.3) is 5.91 Å². The Balaban J connectivity index is 2.01. The third kappa shape index (κ3) is 2.95. The van der Waals surface area contributed by atoms with Crippen LogP contribution in [0.5, 0.6) is 0 Å². The van der Waals surface area contributed by atoms with E-state index in [4.69, 9.17) is 4.52 Å². The van der Waals surface area contributed by atoms with Gasteiger partial charge in [0.15, 0.2) is 0 Å². The molecule has 0 saturated carbocycles. The van der Waals surface area contributed by atoms with Crippen molar-refractivity contribution in [2.24, 2.45) is 0 Å². The fourth-order valence-corrected chi connectivity index (χ4v) is 1.73. The van der Waals surface area contributed by atoms with Gasteiger partial charge in [0, 0.05) is 22.6 Å². The number of nitrogens with zero attached hydrogens (tertiary/aromatic N) is 1. The lowest BCUT2D eigenvalue weighted by Crippen LogP contribution is -2.22. The van der Waals surface area contributed by atoms with Crippen molar-refractivity contribution in [3.05, 3.63) is 51.6 Å². The second-order valence-corrected chi connectivity index (χ2v) is 4.67. The summed E-state index contributed by atoms with van der Waals surface area (Å²) in [6, 6.07) is 6.18. The molecule has 0 radical (unpaired) electrons. The zero-order valence-corrected chi connectivity index (χ0v) is 11.1. The first-order chi connectivity index (χ1) is 8.56. The van der Waals surface area contributed by atoms with Crippen LogP contribution in [0.3, 0.4) is 0 Å². The molecule has 0 saturated heterocycles. The van der Waals surface area contributed by atoms with Crippen molar-refractivity contribution in [1.29, 1.82) is 0 Å². The maximum Gasteiger partial charge on any atom is 0.290 e. The Hall–Kier alpha value is -1.69. The number of hydrogen-bond acceptors (Lipinski definition) is 3. The molecule has 0 bridgehead atoms. The largest absolute Gasteiger partial charge is 0.351 e. The average Bonchev–Trinajstić information content (AvgIpc) is 2.74. The van der Waals surface area contributed by atoms with Crippen LogP contribution in [-0.2, 0) is 6.54 Å². The zero-order chi connectivity index (χ0) is 13.1. The smallest absolute Gasteiger partial charge is 0.290 e. The van der Waals surface area contributed by atoms with Gasteiger partial charge < -0.3 is 9.84 Å². The highest BCUT2D eigenvalue weighted by Gasteiger charge is 2.12. The predicted octanol–water partition coefficient (Wildman–Crippen LogP) is 2.81. The van der Waals surface area contributed by atoms with Crippen LogP contribution in [0.15, 0.2) is 33.3 Å². The van der Waals surface area contributed by atoms with E-state index in [-0.39, 0.29) is 18.1 Å². The molecule has 2 rings (SSSR count). The fourth-order valence-electron chi connectivity index (χ4n) is 1.40. The number of aromatic nitrogens is 1. The monoisotopic (exact) mass is 312 g/mol. The number of carbonyl (C=O) groups excluding carboxylic acids is 1. The molecule has 0 unspecified atom stereocenters. The number of nitrogens with one attached hydrogen (secondary N) is 1. The van der Waals surface area contributed by atoms with Crippen LogP contribution in [0.4, 0.5) is 4.39 Å². The van der Waals surface area contributed by atoms with Gasteiger partial charge in [-0.05, 0) is 19.1 Å². The number of halogens is 2. The Morgan fingerprint density at radius 1 is 1.50 bits per heavy atom. The number of aryl methyl sites for hydroxylation is 1. The summed E-state index contributed by atoms with van der Waals surface area (Å²) in [6.45, 7) is 1.81. The first kappa shape index (κ1) is 12.8. The first-order valence-electron chi connectivity index (χ1n) is 5.21. The summed E-state index contributed by atoms with van der Waals surface area (Å²) < 4.78 is 18.9. The molecule has 4 nitrogen and oxygen atoms in total. The highest BCUT2D eigenvalue weighted by Crippen LogP contribution is 2.15. The summed E-state index contributed by atoms with van der Waals surface area (Å²) >= 11 is 3.17. The molecule has 6 heteroatoms. The molecule has 18 heavy (non-hydrogen) atoms. The minimum atomic E-state index is -0.419. The van der Waals surface area contributed by atoms with Crippen molar-refractivity contribution in [3.8, 4) is 0 Å². The molecule has 0 aliphatic carbocycles. The van der Waals surface area contributed by atoms with Crippen molar-refractivity contribution in [2.75, 3.05) is 0 Å². The summed E-state index contributed by atoms with van der Waals surface area (Å²) in [5.41, 5.74) is 1.03. The molecule has 0 aliphatic heterocycles. The third-order valence-corrected chi connectivity index (χ3v) is 2.80. The highest BCUT2D eigenvalue weighted by molar-refractivity contribution is 9.10. The van der Waals surface area contributed by atoms with Gasteiger partial charge in [-0.1, -0.05) is 27.2 Å². The number of hydrogen-bond donors (Lipinski definition) is 1. The lowest BCUT2D eigenvalue weighted by atomic mass is 10.2. The molecular formula is C12H10BrFN2O2. The van der Waals surface area contributed by atoms with Crippen LogP contribution in [0.2, 0.25) is 0 Å². The normalized spacial score (nSPS) is 10.4. The van der Waals surface area contributed by atoms with E-state index in [1.54, 1.807) is 19.1 Å². The van der Waals surface area contributed by atoms with Gasteiger partial charge >= 0.3 is 0 Å². The van der Waals surface area contributed by atoms with E-state index in [2.05, 4.69) is 26.4 Å². The van der Waals surface area contributed by atoms with Gasteiger partial charge in [-0.3, -0.25) is 4.79 Å². The van der Waals surface area contributed by atoms with E-state index in [0.29, 0.717) is 15.7 Å². The van der Waals surface area contributed by atoms with E-state index in [1.807, 2.05) is 0 Å². The number of carbonyl (C=O) groups is 1. The Morgan fingerprint density at radius 3 is 2.89 bits per heavy atom. The Labute approximate surface area is 111 Å².